The van der Waals surface area contributed by atoms with E-state index in [0.717, 1.165) is 37.1 Å². The highest BCUT2D eigenvalue weighted by Gasteiger charge is 2.56. The van der Waals surface area contributed by atoms with Gasteiger partial charge in [-0.15, -0.1) is 0 Å². The normalized spacial score (nSPS) is 15.5. The molecule has 14 heteroatoms. The fourth-order valence-electron chi connectivity index (χ4n) is 4.54. The molecule has 2 aliphatic rings. The van der Waals surface area contributed by atoms with Gasteiger partial charge in [-0.3, -0.25) is 14.9 Å². The molecule has 0 bridgehead atoms. The molecule has 5 rings (SSSR count). The van der Waals surface area contributed by atoms with E-state index in [-0.39, 0.29) is 30.6 Å². The largest absolute Gasteiger partial charge is 0.436 e. The van der Waals surface area contributed by atoms with E-state index in [0.29, 0.717) is 24.7 Å². The van der Waals surface area contributed by atoms with Crippen molar-refractivity contribution in [2.75, 3.05) is 49.7 Å². The molecule has 1 aliphatic heterocycles. The van der Waals surface area contributed by atoms with Crippen molar-refractivity contribution in [3.8, 4) is 11.6 Å². The quantitative estimate of drug-likeness (QED) is 0.324. The number of halogens is 3. The summed E-state index contributed by atoms with van der Waals surface area (Å²) in [7, 11) is 3.93. The summed E-state index contributed by atoms with van der Waals surface area (Å²) < 4.78 is 48.3. The Kier molecular flexibility index (Phi) is 7.98. The molecule has 2 fully saturated rings. The zero-order chi connectivity index (χ0) is 30.0. The molecule has 2 heterocycles. The average molecular weight is 584 g/mol. The van der Waals surface area contributed by atoms with E-state index in [2.05, 4.69) is 30.8 Å². The topological polar surface area (TPSA) is 129 Å². The van der Waals surface area contributed by atoms with Crippen molar-refractivity contribution in [1.29, 1.82) is 0 Å². The van der Waals surface area contributed by atoms with Crippen LogP contribution in [-0.2, 0) is 9.59 Å². The molecule has 42 heavy (non-hydrogen) atoms. The van der Waals surface area contributed by atoms with E-state index in [4.69, 9.17) is 4.74 Å². The number of benzene rings is 2. The number of hydrogen-bond acceptors (Lipinski definition) is 7. The van der Waals surface area contributed by atoms with Gasteiger partial charge in [0, 0.05) is 49.4 Å². The molecule has 0 unspecified atom stereocenters. The van der Waals surface area contributed by atoms with Gasteiger partial charge >= 0.3 is 6.03 Å². The average Bonchev–Trinajstić information content (AvgIpc) is 3.73. The number of carbonyl (C=O) groups is 3. The number of hydrogen-bond donors (Lipinski definition) is 3. The van der Waals surface area contributed by atoms with Crippen molar-refractivity contribution in [2.24, 2.45) is 11.3 Å². The molecular weight excluding hydrogens is 555 g/mol. The first-order valence-corrected chi connectivity index (χ1v) is 13.1. The zero-order valence-electron chi connectivity index (χ0n) is 22.8. The molecule has 11 nitrogen and oxygen atoms in total. The smallest absolute Gasteiger partial charge is 0.323 e. The van der Waals surface area contributed by atoms with Gasteiger partial charge in [0.15, 0.2) is 17.4 Å². The molecule has 1 aliphatic carbocycles. The van der Waals surface area contributed by atoms with Gasteiger partial charge in [0.2, 0.25) is 17.7 Å². The molecule has 2 aromatic carbocycles. The second-order valence-electron chi connectivity index (χ2n) is 10.6. The molecule has 1 saturated carbocycles. The molecule has 0 spiro atoms. The lowest BCUT2D eigenvalue weighted by Gasteiger charge is -2.40. The maximum Gasteiger partial charge on any atom is 0.323 e. The van der Waals surface area contributed by atoms with E-state index < -0.39 is 46.1 Å². The summed E-state index contributed by atoms with van der Waals surface area (Å²) in [6.07, 6.45) is 1.52. The standard InChI is InChI=1S/C28H28F3N7O4/c1-37(2)12-16-13-38(14-16)27(41)36-23-11-24(33-15-32-23)42-22-10-19(30)21(9-20(22)31)35-26(40)28(7-8-28)25(39)34-18-5-3-17(29)4-6-18/h3-6,9-11,15-16H,7-8,12-14H2,1-2H3,(H,34,39)(H,35,40)(H,32,33,36,41). The third kappa shape index (κ3) is 6.43. The molecule has 1 saturated heterocycles. The summed E-state index contributed by atoms with van der Waals surface area (Å²) in [5.41, 5.74) is -1.65. The molecule has 0 radical (unpaired) electrons. The maximum absolute atomic E-state index is 14.9. The van der Waals surface area contributed by atoms with Gasteiger partial charge in [-0.2, -0.15) is 0 Å². The second kappa shape index (κ2) is 11.6. The van der Waals surface area contributed by atoms with Crippen LogP contribution in [0.15, 0.2) is 48.8 Å². The molecule has 1 aromatic heterocycles. The highest BCUT2D eigenvalue weighted by atomic mass is 19.1. The Morgan fingerprint density at radius 1 is 0.952 bits per heavy atom. The molecule has 3 aromatic rings. The lowest BCUT2D eigenvalue weighted by Crippen LogP contribution is -2.54. The van der Waals surface area contributed by atoms with Gasteiger partial charge in [-0.1, -0.05) is 0 Å². The minimum Gasteiger partial charge on any atom is -0.436 e. The van der Waals surface area contributed by atoms with Crippen LogP contribution in [-0.4, -0.2) is 71.3 Å². The zero-order valence-corrected chi connectivity index (χ0v) is 22.8. The maximum atomic E-state index is 14.9. The van der Waals surface area contributed by atoms with Crippen LogP contribution >= 0.6 is 0 Å². The van der Waals surface area contributed by atoms with Crippen LogP contribution in [0.4, 0.5) is 35.2 Å². The Hall–Kier alpha value is -4.72. The molecule has 4 amide bonds. The number of ether oxygens (including phenoxy) is 1. The SMILES string of the molecule is CN(C)CC1CN(C(=O)Nc2cc(Oc3cc(F)c(NC(=O)C4(C(=O)Nc5ccc(F)cc5)CC4)cc3F)ncn2)C1. The van der Waals surface area contributed by atoms with Crippen molar-refractivity contribution in [2.45, 2.75) is 12.8 Å². The number of amides is 4. The van der Waals surface area contributed by atoms with Crippen LogP contribution in [0.1, 0.15) is 12.8 Å². The number of urea groups is 1. The first-order chi connectivity index (χ1) is 20.0. The van der Waals surface area contributed by atoms with E-state index in [1.165, 1.54) is 18.2 Å². The fraction of sp³-hybridized carbons (Fsp3) is 0.321. The third-order valence-corrected chi connectivity index (χ3v) is 6.95. The molecular formula is C28H28F3N7O4. The second-order valence-corrected chi connectivity index (χ2v) is 10.6. The van der Waals surface area contributed by atoms with Crippen LogP contribution in [0.5, 0.6) is 11.6 Å². The number of likely N-dealkylation sites (tertiary alicyclic amines) is 1. The van der Waals surface area contributed by atoms with Crippen molar-refractivity contribution in [1.82, 2.24) is 19.8 Å². The number of nitrogens with one attached hydrogen (secondary N) is 3. The van der Waals surface area contributed by atoms with Crippen LogP contribution < -0.4 is 20.7 Å². The van der Waals surface area contributed by atoms with E-state index in [9.17, 15) is 27.6 Å². The number of aromatic nitrogens is 2. The van der Waals surface area contributed by atoms with Gasteiger partial charge in [-0.25, -0.2) is 27.9 Å². The summed E-state index contributed by atoms with van der Waals surface area (Å²) >= 11 is 0. The number of anilines is 3. The van der Waals surface area contributed by atoms with Crippen molar-refractivity contribution in [3.63, 3.8) is 0 Å². The van der Waals surface area contributed by atoms with Gasteiger partial charge in [0.25, 0.3) is 0 Å². The Morgan fingerprint density at radius 3 is 2.31 bits per heavy atom. The highest BCUT2D eigenvalue weighted by molar-refractivity contribution is 6.16. The summed E-state index contributed by atoms with van der Waals surface area (Å²) in [5.74, 6) is -4.13. The summed E-state index contributed by atoms with van der Waals surface area (Å²) in [6.45, 7) is 2.07. The monoisotopic (exact) mass is 583 g/mol. The first kappa shape index (κ1) is 28.8. The van der Waals surface area contributed by atoms with E-state index >= 15 is 0 Å². The third-order valence-electron chi connectivity index (χ3n) is 6.95. The van der Waals surface area contributed by atoms with Gasteiger partial charge in [-0.05, 0) is 51.2 Å². The van der Waals surface area contributed by atoms with Crippen molar-refractivity contribution in [3.05, 3.63) is 66.2 Å². The predicted molar refractivity (Wildman–Crippen MR) is 146 cm³/mol. The highest BCUT2D eigenvalue weighted by Crippen LogP contribution is 2.47. The number of carbonyl (C=O) groups excluding carboxylic acids is 3. The minimum atomic E-state index is -1.46. The Labute approximate surface area is 239 Å². The Bertz CT molecular complexity index is 1510. The van der Waals surface area contributed by atoms with Crippen LogP contribution in [0.3, 0.4) is 0 Å². The first-order valence-electron chi connectivity index (χ1n) is 13.1. The lowest BCUT2D eigenvalue weighted by molar-refractivity contribution is -0.131. The van der Waals surface area contributed by atoms with Crippen LogP contribution in [0, 0.1) is 28.8 Å². The van der Waals surface area contributed by atoms with Crippen LogP contribution in [0.25, 0.3) is 0 Å². The fourth-order valence-corrected chi connectivity index (χ4v) is 4.54. The van der Waals surface area contributed by atoms with Crippen molar-refractivity contribution < 1.29 is 32.3 Å². The van der Waals surface area contributed by atoms with Crippen LogP contribution in [0.2, 0.25) is 0 Å². The van der Waals surface area contributed by atoms with Gasteiger partial charge in [0.05, 0.1) is 5.69 Å². The van der Waals surface area contributed by atoms with E-state index in [1.54, 1.807) is 4.90 Å². The molecule has 0 atom stereocenters. The lowest BCUT2D eigenvalue weighted by atomic mass is 10.0. The minimum absolute atomic E-state index is 0.111. The van der Waals surface area contributed by atoms with Crippen molar-refractivity contribution >= 4 is 35.0 Å². The summed E-state index contributed by atoms with van der Waals surface area (Å²) in [4.78, 5) is 49.6. The Balaban J connectivity index is 1.19. The van der Waals surface area contributed by atoms with E-state index in [1.807, 2.05) is 14.1 Å². The predicted octanol–water partition coefficient (Wildman–Crippen LogP) is 4.07. The summed E-state index contributed by atoms with van der Waals surface area (Å²) in [6, 6.07) is 7.37. The number of nitrogens with zero attached hydrogens (tertiary/aromatic N) is 4. The molecule has 3 N–H and O–H groups in total. The van der Waals surface area contributed by atoms with Gasteiger partial charge in [0.1, 0.15) is 23.4 Å². The number of rotatable bonds is 9. The molecule has 220 valence electrons. The van der Waals surface area contributed by atoms with Gasteiger partial charge < -0.3 is 25.2 Å². The Morgan fingerprint density at radius 2 is 1.64 bits per heavy atom. The summed E-state index contributed by atoms with van der Waals surface area (Å²) in [5, 5.41) is 7.44.